The summed E-state index contributed by atoms with van der Waals surface area (Å²) in [6.45, 7) is 7.57. The molecule has 1 rings (SSSR count). The minimum atomic E-state index is -0.884. The molecule has 3 unspecified atom stereocenters. The minimum Gasteiger partial charge on any atom is -0.481 e. The number of nitrogens with one attached hydrogen (secondary N) is 1. The van der Waals surface area contributed by atoms with Crippen LogP contribution in [0.1, 0.15) is 27.2 Å². The molecule has 98 valence electrons. The highest BCUT2D eigenvalue weighted by atomic mass is 16.4. The molecule has 0 saturated carbocycles. The van der Waals surface area contributed by atoms with E-state index in [2.05, 4.69) is 19.2 Å². The first-order valence-electron chi connectivity index (χ1n) is 6.15. The van der Waals surface area contributed by atoms with Gasteiger partial charge in [0.1, 0.15) is 0 Å². The highest BCUT2D eigenvalue weighted by Gasteiger charge is 2.25. The van der Waals surface area contributed by atoms with Crippen molar-refractivity contribution in [3.8, 4) is 0 Å². The molecule has 0 spiro atoms. The summed E-state index contributed by atoms with van der Waals surface area (Å²) in [7, 11) is 0. The number of carboxylic acids is 1. The predicted octanol–water partition coefficient (Wildman–Crippen LogP) is 1.39. The molecule has 1 fully saturated rings. The topological polar surface area (TPSA) is 69.6 Å². The van der Waals surface area contributed by atoms with Gasteiger partial charge in [0.15, 0.2) is 0 Å². The van der Waals surface area contributed by atoms with Gasteiger partial charge in [0.2, 0.25) is 0 Å². The Labute approximate surface area is 102 Å². The van der Waals surface area contributed by atoms with Gasteiger partial charge in [-0.25, -0.2) is 4.79 Å². The number of carbonyl (C=O) groups is 2. The van der Waals surface area contributed by atoms with Crippen molar-refractivity contribution in [3.05, 3.63) is 0 Å². The van der Waals surface area contributed by atoms with Gasteiger partial charge in [-0.1, -0.05) is 20.8 Å². The largest absolute Gasteiger partial charge is 0.481 e. The lowest BCUT2D eigenvalue weighted by Crippen LogP contribution is -2.48. The van der Waals surface area contributed by atoms with Gasteiger partial charge in [-0.3, -0.25) is 4.79 Å². The van der Waals surface area contributed by atoms with Crippen molar-refractivity contribution in [1.82, 2.24) is 10.2 Å². The van der Waals surface area contributed by atoms with Crippen molar-refractivity contribution in [2.45, 2.75) is 27.2 Å². The number of piperidine rings is 1. The van der Waals surface area contributed by atoms with Crippen molar-refractivity contribution in [2.24, 2.45) is 17.8 Å². The molecule has 0 aromatic carbocycles. The van der Waals surface area contributed by atoms with Crippen LogP contribution in [0.15, 0.2) is 0 Å². The molecule has 17 heavy (non-hydrogen) atoms. The molecule has 5 nitrogen and oxygen atoms in total. The third-order valence-electron chi connectivity index (χ3n) is 3.14. The molecule has 2 N–H and O–H groups in total. The number of rotatable bonds is 3. The fourth-order valence-corrected chi connectivity index (χ4v) is 2.27. The van der Waals surface area contributed by atoms with E-state index >= 15 is 0 Å². The van der Waals surface area contributed by atoms with Crippen LogP contribution in [0.3, 0.4) is 0 Å². The number of aliphatic carboxylic acids is 1. The van der Waals surface area contributed by atoms with E-state index in [9.17, 15) is 9.59 Å². The maximum atomic E-state index is 11.8. The Bertz CT molecular complexity index is 283. The van der Waals surface area contributed by atoms with Gasteiger partial charge in [-0.05, 0) is 18.3 Å². The van der Waals surface area contributed by atoms with Gasteiger partial charge in [0, 0.05) is 19.6 Å². The highest BCUT2D eigenvalue weighted by Crippen LogP contribution is 2.20. The number of hydrogen-bond acceptors (Lipinski definition) is 2. The van der Waals surface area contributed by atoms with Crippen molar-refractivity contribution < 1.29 is 14.7 Å². The lowest BCUT2D eigenvalue weighted by atomic mass is 9.92. The van der Waals surface area contributed by atoms with E-state index in [0.717, 1.165) is 19.5 Å². The van der Waals surface area contributed by atoms with Crippen molar-refractivity contribution >= 4 is 12.0 Å². The molecule has 1 saturated heterocycles. The van der Waals surface area contributed by atoms with Crippen molar-refractivity contribution in [3.63, 3.8) is 0 Å². The number of carbonyl (C=O) groups excluding carboxylic acids is 1. The van der Waals surface area contributed by atoms with Crippen LogP contribution in [-0.4, -0.2) is 41.6 Å². The van der Waals surface area contributed by atoms with E-state index < -0.39 is 11.9 Å². The predicted molar refractivity (Wildman–Crippen MR) is 64.7 cm³/mol. The SMILES string of the molecule is CC1CC(C)CN(C(=O)NCC(C)C(=O)O)C1. The quantitative estimate of drug-likeness (QED) is 0.785. The number of carboxylic acid groups (broad SMARTS) is 1. The maximum Gasteiger partial charge on any atom is 0.317 e. The second-order valence-corrected chi connectivity index (χ2v) is 5.28. The zero-order valence-corrected chi connectivity index (χ0v) is 10.8. The normalized spacial score (nSPS) is 26.4. The number of urea groups is 1. The summed E-state index contributed by atoms with van der Waals surface area (Å²) in [5, 5.41) is 11.4. The summed E-state index contributed by atoms with van der Waals surface area (Å²) in [6.07, 6.45) is 1.15. The highest BCUT2D eigenvalue weighted by molar-refractivity contribution is 5.76. The summed E-state index contributed by atoms with van der Waals surface area (Å²) < 4.78 is 0. The first-order chi connectivity index (χ1) is 7.90. The van der Waals surface area contributed by atoms with E-state index in [1.807, 2.05) is 0 Å². The first-order valence-corrected chi connectivity index (χ1v) is 6.15. The summed E-state index contributed by atoms with van der Waals surface area (Å²) in [4.78, 5) is 24.3. The molecule has 1 heterocycles. The van der Waals surface area contributed by atoms with Crippen LogP contribution in [0, 0.1) is 17.8 Å². The van der Waals surface area contributed by atoms with Gasteiger partial charge in [-0.2, -0.15) is 0 Å². The molecule has 5 heteroatoms. The van der Waals surface area contributed by atoms with Gasteiger partial charge in [-0.15, -0.1) is 0 Å². The summed E-state index contributed by atoms with van der Waals surface area (Å²) in [5.41, 5.74) is 0. The van der Waals surface area contributed by atoms with E-state index in [4.69, 9.17) is 5.11 Å². The Morgan fingerprint density at radius 1 is 1.35 bits per heavy atom. The van der Waals surface area contributed by atoms with Gasteiger partial charge in [0.05, 0.1) is 5.92 Å². The molecular weight excluding hydrogens is 220 g/mol. The molecule has 1 aliphatic rings. The molecule has 0 aromatic heterocycles. The molecule has 1 aliphatic heterocycles. The Morgan fingerprint density at radius 3 is 2.35 bits per heavy atom. The van der Waals surface area contributed by atoms with E-state index in [1.54, 1.807) is 11.8 Å². The lowest BCUT2D eigenvalue weighted by molar-refractivity contribution is -0.140. The van der Waals surface area contributed by atoms with Crippen molar-refractivity contribution in [1.29, 1.82) is 0 Å². The van der Waals surface area contributed by atoms with Gasteiger partial charge >= 0.3 is 12.0 Å². The standard InChI is InChI=1S/C12H22N2O3/c1-8-4-9(2)7-14(6-8)12(17)13-5-10(3)11(15)16/h8-10H,4-7H2,1-3H3,(H,13,17)(H,15,16). The minimum absolute atomic E-state index is 0.142. The zero-order valence-electron chi connectivity index (χ0n) is 10.8. The number of nitrogens with zero attached hydrogens (tertiary/aromatic N) is 1. The molecule has 0 radical (unpaired) electrons. The monoisotopic (exact) mass is 242 g/mol. The Hall–Kier alpha value is -1.26. The van der Waals surface area contributed by atoms with Crippen LogP contribution < -0.4 is 5.32 Å². The van der Waals surface area contributed by atoms with Crippen LogP contribution in [-0.2, 0) is 4.79 Å². The third-order valence-corrected chi connectivity index (χ3v) is 3.14. The van der Waals surface area contributed by atoms with Gasteiger partial charge < -0.3 is 15.3 Å². The maximum absolute atomic E-state index is 11.8. The lowest BCUT2D eigenvalue weighted by Gasteiger charge is -2.35. The van der Waals surface area contributed by atoms with Crippen LogP contribution >= 0.6 is 0 Å². The van der Waals surface area contributed by atoms with Gasteiger partial charge in [0.25, 0.3) is 0 Å². The van der Waals surface area contributed by atoms with E-state index in [-0.39, 0.29) is 12.6 Å². The summed E-state index contributed by atoms with van der Waals surface area (Å²) >= 11 is 0. The Kier molecular flexibility index (Phi) is 4.78. The van der Waals surface area contributed by atoms with Crippen LogP contribution in [0.5, 0.6) is 0 Å². The van der Waals surface area contributed by atoms with Crippen LogP contribution in [0.4, 0.5) is 4.79 Å². The zero-order chi connectivity index (χ0) is 13.0. The Balaban J connectivity index is 2.39. The fraction of sp³-hybridized carbons (Fsp3) is 0.833. The molecule has 3 atom stereocenters. The van der Waals surface area contributed by atoms with Crippen LogP contribution in [0.2, 0.25) is 0 Å². The Morgan fingerprint density at radius 2 is 1.88 bits per heavy atom. The van der Waals surface area contributed by atoms with Crippen molar-refractivity contribution in [2.75, 3.05) is 19.6 Å². The summed E-state index contributed by atoms with van der Waals surface area (Å²) in [6, 6.07) is -0.142. The summed E-state index contributed by atoms with van der Waals surface area (Å²) in [5.74, 6) is -0.396. The number of likely N-dealkylation sites (tertiary alicyclic amines) is 1. The molecule has 2 amide bonds. The van der Waals surface area contributed by atoms with E-state index in [1.165, 1.54) is 0 Å². The molecule has 0 aliphatic carbocycles. The third kappa shape index (κ3) is 4.24. The average molecular weight is 242 g/mol. The second-order valence-electron chi connectivity index (χ2n) is 5.28. The van der Waals surface area contributed by atoms with Crippen LogP contribution in [0.25, 0.3) is 0 Å². The smallest absolute Gasteiger partial charge is 0.317 e. The molecular formula is C12H22N2O3. The molecule has 0 bridgehead atoms. The molecule has 0 aromatic rings. The number of hydrogen-bond donors (Lipinski definition) is 2. The van der Waals surface area contributed by atoms with E-state index in [0.29, 0.717) is 11.8 Å². The fourth-order valence-electron chi connectivity index (χ4n) is 2.27. The number of amides is 2. The second kappa shape index (κ2) is 5.89. The first kappa shape index (κ1) is 13.8. The average Bonchev–Trinajstić information content (AvgIpc) is 2.23.